The average Bonchev–Trinajstić information content (AvgIpc) is 2.19. The number of esters is 3. The van der Waals surface area contributed by atoms with E-state index in [0.717, 1.165) is 0 Å². The van der Waals surface area contributed by atoms with E-state index in [4.69, 9.17) is 0 Å². The summed E-state index contributed by atoms with van der Waals surface area (Å²) in [5, 5.41) is 0. The monoisotopic (exact) mass is 256 g/mol. The van der Waals surface area contributed by atoms with Crippen LogP contribution in [-0.2, 0) is 28.6 Å². The molecule has 0 atom stereocenters. The summed E-state index contributed by atoms with van der Waals surface area (Å²) in [4.78, 5) is 34.1. The Morgan fingerprint density at radius 3 is 1.24 bits per heavy atom. The Kier molecular flexibility index (Phi) is 11.7. The van der Waals surface area contributed by atoms with Crippen molar-refractivity contribution in [2.45, 2.75) is 20.8 Å². The third kappa shape index (κ3) is 6.65. The number of rotatable bonds is 6. The quantitative estimate of drug-likeness (QED) is 0.224. The van der Waals surface area contributed by atoms with Crippen molar-refractivity contribution in [3.63, 3.8) is 0 Å². The van der Waals surface area contributed by atoms with Gasteiger partial charge in [-0.25, -0.2) is 0 Å². The van der Waals surface area contributed by atoms with E-state index < -0.39 is 23.8 Å². The van der Waals surface area contributed by atoms with Gasteiger partial charge in [-0.05, 0) is 20.8 Å². The largest absolute Gasteiger partial charge is 1.00 e. The van der Waals surface area contributed by atoms with Crippen LogP contribution in [0.2, 0.25) is 0 Å². The fourth-order valence-corrected chi connectivity index (χ4v) is 0.965. The van der Waals surface area contributed by atoms with Crippen molar-refractivity contribution in [1.29, 1.82) is 0 Å². The van der Waals surface area contributed by atoms with Crippen molar-refractivity contribution in [3.05, 3.63) is 0 Å². The molecule has 0 N–H and O–H groups in total. The van der Waals surface area contributed by atoms with Gasteiger partial charge in [-0.1, -0.05) is 0 Å². The zero-order valence-electron chi connectivity index (χ0n) is 11.6. The second-order valence-corrected chi connectivity index (χ2v) is 2.69. The van der Waals surface area contributed by atoms with Gasteiger partial charge < -0.3 is 15.6 Å². The molecule has 17 heavy (non-hydrogen) atoms. The Morgan fingerprint density at radius 2 is 1.06 bits per heavy atom. The molecular formula is C10H17NaO6. The molecule has 0 aromatic rings. The van der Waals surface area contributed by atoms with Gasteiger partial charge in [-0.15, -0.1) is 0 Å². The molecule has 0 rings (SSSR count). The molecule has 0 aliphatic rings. The Hall–Kier alpha value is -0.590. The smallest absolute Gasteiger partial charge is 1.00 e. The van der Waals surface area contributed by atoms with Crippen molar-refractivity contribution in [2.75, 3.05) is 19.8 Å². The molecule has 6 nitrogen and oxygen atoms in total. The minimum atomic E-state index is -1.64. The number of carbonyl (C=O) groups is 3. The molecule has 0 heterocycles. The summed E-state index contributed by atoms with van der Waals surface area (Å²) >= 11 is 0. The van der Waals surface area contributed by atoms with Crippen LogP contribution in [-0.4, -0.2) is 37.7 Å². The summed E-state index contributed by atoms with van der Waals surface area (Å²) < 4.78 is 13.8. The van der Waals surface area contributed by atoms with Crippen LogP contribution >= 0.6 is 0 Å². The number of carbonyl (C=O) groups excluding carboxylic acids is 3. The van der Waals surface area contributed by atoms with Gasteiger partial charge in [0.2, 0.25) is 0 Å². The maximum atomic E-state index is 11.4. The van der Waals surface area contributed by atoms with Crippen LogP contribution in [0.4, 0.5) is 0 Å². The van der Waals surface area contributed by atoms with E-state index >= 15 is 0 Å². The standard InChI is InChI=1S/C10H16O6.Na.H/c1-4-14-8(11)7(9(12)15-5-2)10(13)16-6-3;;/h7H,4-6H2,1-3H3;;/q;+1;-1. The van der Waals surface area contributed by atoms with Gasteiger partial charge in [0.15, 0.2) is 0 Å². The third-order valence-electron chi connectivity index (χ3n) is 1.57. The molecule has 0 saturated heterocycles. The molecule has 0 aliphatic heterocycles. The summed E-state index contributed by atoms with van der Waals surface area (Å²) in [6.07, 6.45) is 0. The summed E-state index contributed by atoms with van der Waals surface area (Å²) in [5.74, 6) is -4.47. The summed E-state index contributed by atoms with van der Waals surface area (Å²) in [6.45, 7) is 4.96. The van der Waals surface area contributed by atoms with Crippen LogP contribution in [0.15, 0.2) is 0 Å². The third-order valence-corrected chi connectivity index (χ3v) is 1.57. The van der Waals surface area contributed by atoms with Gasteiger partial charge in [0.05, 0.1) is 19.8 Å². The van der Waals surface area contributed by atoms with E-state index in [-0.39, 0.29) is 50.8 Å². The second-order valence-electron chi connectivity index (χ2n) is 2.69. The first-order valence-corrected chi connectivity index (χ1v) is 5.08. The van der Waals surface area contributed by atoms with Crippen molar-refractivity contribution in [2.24, 2.45) is 5.92 Å². The molecule has 0 aromatic carbocycles. The Morgan fingerprint density at radius 1 is 0.824 bits per heavy atom. The summed E-state index contributed by atoms with van der Waals surface area (Å²) in [5.41, 5.74) is 0. The predicted octanol–water partition coefficient (Wildman–Crippen LogP) is -2.59. The first-order valence-electron chi connectivity index (χ1n) is 5.08. The molecule has 0 unspecified atom stereocenters. The second kappa shape index (κ2) is 10.6. The molecular weight excluding hydrogens is 239 g/mol. The molecule has 0 aliphatic carbocycles. The van der Waals surface area contributed by atoms with E-state index in [0.29, 0.717) is 0 Å². The van der Waals surface area contributed by atoms with Crippen LogP contribution in [0.3, 0.4) is 0 Å². The average molecular weight is 256 g/mol. The molecule has 7 heteroatoms. The predicted molar refractivity (Wildman–Crippen MR) is 54.5 cm³/mol. The van der Waals surface area contributed by atoms with Crippen LogP contribution in [0, 0.1) is 5.92 Å². The van der Waals surface area contributed by atoms with Gasteiger partial charge in [0, 0.05) is 0 Å². The minimum Gasteiger partial charge on any atom is -1.00 e. The van der Waals surface area contributed by atoms with E-state index in [2.05, 4.69) is 14.2 Å². The van der Waals surface area contributed by atoms with Crippen molar-refractivity contribution >= 4 is 17.9 Å². The number of hydrogen-bond donors (Lipinski definition) is 0. The molecule has 0 amide bonds. The summed E-state index contributed by atoms with van der Waals surface area (Å²) in [6, 6.07) is 0. The van der Waals surface area contributed by atoms with Crippen LogP contribution in [0.5, 0.6) is 0 Å². The molecule has 0 saturated carbocycles. The zero-order chi connectivity index (χ0) is 12.6. The first kappa shape index (κ1) is 18.8. The maximum absolute atomic E-state index is 11.4. The van der Waals surface area contributed by atoms with Crippen LogP contribution in [0.25, 0.3) is 0 Å². The number of ether oxygens (including phenoxy) is 3. The first-order chi connectivity index (χ1) is 7.58. The van der Waals surface area contributed by atoms with Gasteiger partial charge in [-0.3, -0.25) is 14.4 Å². The van der Waals surface area contributed by atoms with Gasteiger partial charge in [0.1, 0.15) is 0 Å². The van der Waals surface area contributed by atoms with Crippen molar-refractivity contribution < 1.29 is 59.6 Å². The molecule has 94 valence electrons. The van der Waals surface area contributed by atoms with Crippen molar-refractivity contribution in [1.82, 2.24) is 0 Å². The van der Waals surface area contributed by atoms with Crippen LogP contribution < -0.4 is 29.6 Å². The van der Waals surface area contributed by atoms with Gasteiger partial charge in [-0.2, -0.15) is 0 Å². The van der Waals surface area contributed by atoms with E-state index in [9.17, 15) is 14.4 Å². The maximum Gasteiger partial charge on any atom is 1.00 e. The molecule has 0 spiro atoms. The van der Waals surface area contributed by atoms with Crippen LogP contribution in [0.1, 0.15) is 22.2 Å². The molecule has 0 radical (unpaired) electrons. The molecule has 0 aromatic heterocycles. The topological polar surface area (TPSA) is 78.9 Å². The van der Waals surface area contributed by atoms with Crippen molar-refractivity contribution in [3.8, 4) is 0 Å². The normalized spacial score (nSPS) is 9.18. The molecule has 0 fully saturated rings. The van der Waals surface area contributed by atoms with E-state index in [1.165, 1.54) is 0 Å². The summed E-state index contributed by atoms with van der Waals surface area (Å²) in [7, 11) is 0. The number of hydrogen-bond acceptors (Lipinski definition) is 6. The fourth-order valence-electron chi connectivity index (χ4n) is 0.965. The fraction of sp³-hybridized carbons (Fsp3) is 0.700. The molecule has 0 bridgehead atoms. The van der Waals surface area contributed by atoms with Gasteiger partial charge >= 0.3 is 47.5 Å². The Balaban J connectivity index is -0.00000112. The zero-order valence-corrected chi connectivity index (χ0v) is 12.6. The SMILES string of the molecule is CCOC(=O)C(C(=O)OCC)C(=O)OCC.[H-].[Na+]. The Bertz CT molecular complexity index is 228. The van der Waals surface area contributed by atoms with E-state index in [1.54, 1.807) is 20.8 Å². The van der Waals surface area contributed by atoms with E-state index in [1.807, 2.05) is 0 Å². The minimum absolute atomic E-state index is 0. The Labute approximate surface area is 124 Å². The van der Waals surface area contributed by atoms with Gasteiger partial charge in [0.25, 0.3) is 5.92 Å².